The molecule has 0 fully saturated rings. The van der Waals surface area contributed by atoms with Gasteiger partial charge in [-0.25, -0.2) is 0 Å². The molecule has 0 aliphatic rings. The molecule has 0 saturated heterocycles. The van der Waals surface area contributed by atoms with E-state index < -0.39 is 12.0 Å². The maximum absolute atomic E-state index is 11.6. The van der Waals surface area contributed by atoms with Crippen molar-refractivity contribution in [3.05, 3.63) is 0 Å². The van der Waals surface area contributed by atoms with Crippen molar-refractivity contribution in [2.24, 2.45) is 11.5 Å². The predicted molar refractivity (Wildman–Crippen MR) is 93.0 cm³/mol. The fraction of sp³-hybridized carbons (Fsp3) is 0.875. The molecular formula is C16H33N3O6. The molecule has 0 spiro atoms. The Morgan fingerprint density at radius 3 is 2.08 bits per heavy atom. The summed E-state index contributed by atoms with van der Waals surface area (Å²) < 4.78 is 20.5. The van der Waals surface area contributed by atoms with Crippen LogP contribution in [0, 0.1) is 0 Å². The molecule has 0 heterocycles. The Labute approximate surface area is 149 Å². The molecule has 1 amide bonds. The number of nitrogens with one attached hydrogen (secondary N) is 1. The Kier molecular flexibility index (Phi) is 16.7. The molecule has 0 radical (unpaired) electrons. The van der Waals surface area contributed by atoms with Crippen LogP contribution in [0.3, 0.4) is 0 Å². The first-order chi connectivity index (χ1) is 12.1. The average Bonchev–Trinajstić information content (AvgIpc) is 2.62. The summed E-state index contributed by atoms with van der Waals surface area (Å²) in [4.78, 5) is 22.7. The first-order valence-corrected chi connectivity index (χ1v) is 8.65. The van der Waals surface area contributed by atoms with Crippen LogP contribution in [-0.2, 0) is 28.5 Å². The van der Waals surface area contributed by atoms with Crippen LogP contribution >= 0.6 is 0 Å². The first kappa shape index (κ1) is 23.7. The van der Waals surface area contributed by atoms with Crippen LogP contribution in [0.15, 0.2) is 0 Å². The lowest BCUT2D eigenvalue weighted by atomic mass is 10.1. The standard InChI is InChI=1S/C16H33N3O6/c1-22-16(21)14(18)4-5-15(20)19-7-3-9-24-11-13-25-12-10-23-8-2-6-17/h14H,2-13,17-18H2,1H3,(H,19,20). The Balaban J connectivity index is 3.27. The summed E-state index contributed by atoms with van der Waals surface area (Å²) in [6.07, 6.45) is 2.02. The fourth-order valence-corrected chi connectivity index (χ4v) is 1.77. The molecule has 25 heavy (non-hydrogen) atoms. The summed E-state index contributed by atoms with van der Waals surface area (Å²) in [5.74, 6) is -0.650. The minimum Gasteiger partial charge on any atom is -0.468 e. The Morgan fingerprint density at radius 1 is 0.960 bits per heavy atom. The maximum Gasteiger partial charge on any atom is 0.322 e. The van der Waals surface area contributed by atoms with Gasteiger partial charge >= 0.3 is 5.97 Å². The van der Waals surface area contributed by atoms with Crippen LogP contribution in [0.1, 0.15) is 25.7 Å². The second-order valence-electron chi connectivity index (χ2n) is 5.35. The predicted octanol–water partition coefficient (Wildman–Crippen LogP) is -0.828. The highest BCUT2D eigenvalue weighted by molar-refractivity contribution is 5.79. The van der Waals surface area contributed by atoms with Gasteiger partial charge in [0.25, 0.3) is 0 Å². The van der Waals surface area contributed by atoms with Crippen molar-refractivity contribution in [1.82, 2.24) is 5.32 Å². The van der Waals surface area contributed by atoms with Gasteiger partial charge in [-0.15, -0.1) is 0 Å². The Hall–Kier alpha value is -1.26. The van der Waals surface area contributed by atoms with Crippen molar-refractivity contribution >= 4 is 11.9 Å². The second kappa shape index (κ2) is 17.6. The third-order valence-electron chi connectivity index (χ3n) is 3.21. The minimum atomic E-state index is -0.759. The second-order valence-corrected chi connectivity index (χ2v) is 5.35. The number of esters is 1. The maximum atomic E-state index is 11.6. The third-order valence-corrected chi connectivity index (χ3v) is 3.21. The largest absolute Gasteiger partial charge is 0.468 e. The molecule has 0 aromatic rings. The van der Waals surface area contributed by atoms with Crippen molar-refractivity contribution in [2.45, 2.75) is 31.7 Å². The van der Waals surface area contributed by atoms with E-state index in [-0.39, 0.29) is 18.7 Å². The lowest BCUT2D eigenvalue weighted by molar-refractivity contribution is -0.142. The molecule has 0 aliphatic heterocycles. The number of carbonyl (C=O) groups is 2. The van der Waals surface area contributed by atoms with E-state index >= 15 is 0 Å². The Morgan fingerprint density at radius 2 is 1.52 bits per heavy atom. The van der Waals surface area contributed by atoms with Gasteiger partial charge in [-0.2, -0.15) is 0 Å². The van der Waals surface area contributed by atoms with Crippen molar-refractivity contribution in [2.75, 3.05) is 59.8 Å². The van der Waals surface area contributed by atoms with Gasteiger partial charge in [0.2, 0.25) is 5.91 Å². The zero-order valence-electron chi connectivity index (χ0n) is 15.2. The monoisotopic (exact) mass is 363 g/mol. The van der Waals surface area contributed by atoms with Crippen LogP contribution < -0.4 is 16.8 Å². The molecule has 5 N–H and O–H groups in total. The summed E-state index contributed by atoms with van der Waals surface area (Å²) in [6, 6.07) is -0.759. The number of hydrogen-bond donors (Lipinski definition) is 3. The number of methoxy groups -OCH3 is 1. The molecule has 0 aliphatic carbocycles. The normalized spacial score (nSPS) is 12.0. The molecule has 9 nitrogen and oxygen atoms in total. The summed E-state index contributed by atoms with van der Waals surface area (Å²) >= 11 is 0. The molecule has 1 unspecified atom stereocenters. The van der Waals surface area contributed by atoms with Gasteiger partial charge in [0.15, 0.2) is 0 Å². The van der Waals surface area contributed by atoms with E-state index in [9.17, 15) is 9.59 Å². The van der Waals surface area contributed by atoms with Gasteiger partial charge < -0.3 is 35.7 Å². The molecular weight excluding hydrogens is 330 g/mol. The smallest absolute Gasteiger partial charge is 0.322 e. The number of nitrogens with two attached hydrogens (primary N) is 2. The minimum absolute atomic E-state index is 0.141. The van der Waals surface area contributed by atoms with Crippen LogP contribution in [0.25, 0.3) is 0 Å². The molecule has 9 heteroatoms. The fourth-order valence-electron chi connectivity index (χ4n) is 1.77. The summed E-state index contributed by atoms with van der Waals surface area (Å²) in [7, 11) is 1.27. The number of rotatable bonds is 17. The molecule has 0 aromatic heterocycles. The summed E-state index contributed by atoms with van der Waals surface area (Å²) in [5, 5.41) is 2.75. The van der Waals surface area contributed by atoms with E-state index in [1.54, 1.807) is 0 Å². The quantitative estimate of drug-likeness (QED) is 0.225. The SMILES string of the molecule is COC(=O)C(N)CCC(=O)NCCCOCCOCCOCCCN. The van der Waals surface area contributed by atoms with E-state index in [0.29, 0.717) is 59.2 Å². The van der Waals surface area contributed by atoms with Gasteiger partial charge in [-0.05, 0) is 25.8 Å². The topological polar surface area (TPSA) is 135 Å². The average molecular weight is 363 g/mol. The summed E-state index contributed by atoms with van der Waals surface area (Å²) in [5.41, 5.74) is 10.9. The van der Waals surface area contributed by atoms with Crippen molar-refractivity contribution < 1.29 is 28.5 Å². The highest BCUT2D eigenvalue weighted by Crippen LogP contribution is 1.96. The van der Waals surface area contributed by atoms with E-state index in [1.807, 2.05) is 0 Å². The van der Waals surface area contributed by atoms with E-state index in [2.05, 4.69) is 10.1 Å². The molecule has 0 saturated carbocycles. The van der Waals surface area contributed by atoms with Crippen molar-refractivity contribution in [1.29, 1.82) is 0 Å². The zero-order valence-corrected chi connectivity index (χ0v) is 15.2. The van der Waals surface area contributed by atoms with Crippen LogP contribution in [0.5, 0.6) is 0 Å². The number of ether oxygens (including phenoxy) is 4. The highest BCUT2D eigenvalue weighted by Gasteiger charge is 2.14. The molecule has 0 bridgehead atoms. The number of amides is 1. The number of carbonyl (C=O) groups excluding carboxylic acids is 2. The van der Waals surface area contributed by atoms with Crippen molar-refractivity contribution in [3.63, 3.8) is 0 Å². The van der Waals surface area contributed by atoms with E-state index in [4.69, 9.17) is 25.7 Å². The van der Waals surface area contributed by atoms with Crippen LogP contribution in [0.4, 0.5) is 0 Å². The Bertz CT molecular complexity index is 344. The lowest BCUT2D eigenvalue weighted by Crippen LogP contribution is -2.34. The third kappa shape index (κ3) is 16.0. The molecule has 0 rings (SSSR count). The molecule has 1 atom stereocenters. The van der Waals surface area contributed by atoms with E-state index in [1.165, 1.54) is 7.11 Å². The lowest BCUT2D eigenvalue weighted by Gasteiger charge is -2.09. The van der Waals surface area contributed by atoms with Crippen LogP contribution in [-0.4, -0.2) is 77.8 Å². The number of hydrogen-bond acceptors (Lipinski definition) is 8. The van der Waals surface area contributed by atoms with Gasteiger partial charge in [0, 0.05) is 26.2 Å². The van der Waals surface area contributed by atoms with Gasteiger partial charge in [0.05, 0.1) is 33.5 Å². The van der Waals surface area contributed by atoms with E-state index in [0.717, 1.165) is 6.42 Å². The summed E-state index contributed by atoms with van der Waals surface area (Å²) in [6.45, 7) is 4.47. The van der Waals surface area contributed by atoms with Crippen molar-refractivity contribution in [3.8, 4) is 0 Å². The first-order valence-electron chi connectivity index (χ1n) is 8.65. The highest BCUT2D eigenvalue weighted by atomic mass is 16.5. The zero-order chi connectivity index (χ0) is 18.8. The van der Waals surface area contributed by atoms with Gasteiger partial charge in [-0.1, -0.05) is 0 Å². The van der Waals surface area contributed by atoms with Crippen LogP contribution in [0.2, 0.25) is 0 Å². The molecule has 0 aromatic carbocycles. The molecule has 148 valence electrons. The van der Waals surface area contributed by atoms with Gasteiger partial charge in [-0.3, -0.25) is 9.59 Å². The van der Waals surface area contributed by atoms with Gasteiger partial charge in [0.1, 0.15) is 6.04 Å².